The van der Waals surface area contributed by atoms with Gasteiger partial charge in [-0.05, 0) is 38.1 Å². The first-order valence-corrected chi connectivity index (χ1v) is 9.95. The minimum absolute atomic E-state index is 0.123. The molecule has 0 aliphatic carbocycles. The molecule has 8 nitrogen and oxygen atoms in total. The van der Waals surface area contributed by atoms with E-state index in [1.54, 1.807) is 30.7 Å². The van der Waals surface area contributed by atoms with Gasteiger partial charge in [-0.15, -0.1) is 0 Å². The number of rotatable bonds is 8. The Hall–Kier alpha value is -2.23. The fourth-order valence-electron chi connectivity index (χ4n) is 2.18. The van der Waals surface area contributed by atoms with Crippen LogP contribution in [0.1, 0.15) is 29.5 Å². The Kier molecular flexibility index (Phi) is 6.74. The number of halogens is 1. The first-order valence-electron chi connectivity index (χ1n) is 8.09. The molecular formula is C17H20ClN3O5S. The number of ether oxygens (including phenoxy) is 1. The van der Waals surface area contributed by atoms with Gasteiger partial charge in [-0.3, -0.25) is 9.59 Å². The average molecular weight is 414 g/mol. The normalized spacial score (nSPS) is 12.6. The average Bonchev–Trinajstić information content (AvgIpc) is 2.94. The summed E-state index contributed by atoms with van der Waals surface area (Å²) in [7, 11) is -2.14. The van der Waals surface area contributed by atoms with E-state index in [9.17, 15) is 18.0 Å². The Balaban J connectivity index is 1.85. The van der Waals surface area contributed by atoms with Crippen molar-refractivity contribution in [1.29, 1.82) is 0 Å². The van der Waals surface area contributed by atoms with Crippen LogP contribution in [0.5, 0.6) is 0 Å². The summed E-state index contributed by atoms with van der Waals surface area (Å²) >= 11 is 5.77. The zero-order valence-electron chi connectivity index (χ0n) is 15.1. The number of carbonyl (C=O) groups is 2. The highest BCUT2D eigenvalue weighted by Crippen LogP contribution is 2.13. The Morgan fingerprint density at radius 2 is 1.93 bits per heavy atom. The van der Waals surface area contributed by atoms with Crippen molar-refractivity contribution in [3.8, 4) is 0 Å². The molecular weight excluding hydrogens is 394 g/mol. The minimum Gasteiger partial charge on any atom is -0.454 e. The second-order valence-electron chi connectivity index (χ2n) is 5.89. The lowest BCUT2D eigenvalue weighted by Crippen LogP contribution is -2.29. The highest BCUT2D eigenvalue weighted by atomic mass is 35.5. The number of aromatic nitrogens is 2. The van der Waals surface area contributed by atoms with E-state index in [-0.39, 0.29) is 23.8 Å². The molecule has 27 heavy (non-hydrogen) atoms. The summed E-state index contributed by atoms with van der Waals surface area (Å²) in [4.78, 5) is 28.0. The molecule has 2 rings (SSSR count). The number of esters is 1. The van der Waals surface area contributed by atoms with Gasteiger partial charge in [-0.2, -0.15) is 0 Å². The van der Waals surface area contributed by atoms with E-state index in [1.807, 2.05) is 0 Å². The largest absolute Gasteiger partial charge is 0.454 e. The Bertz CT molecular complexity index is 918. The van der Waals surface area contributed by atoms with Gasteiger partial charge in [0, 0.05) is 30.4 Å². The smallest absolute Gasteiger partial charge is 0.307 e. The van der Waals surface area contributed by atoms with Crippen molar-refractivity contribution in [1.82, 2.24) is 14.3 Å². The second-order valence-corrected chi connectivity index (χ2v) is 8.04. The van der Waals surface area contributed by atoms with Crippen LogP contribution in [-0.4, -0.2) is 42.4 Å². The van der Waals surface area contributed by atoms with Crippen LogP contribution in [0.2, 0.25) is 5.02 Å². The Morgan fingerprint density at radius 1 is 1.30 bits per heavy atom. The molecule has 0 spiro atoms. The molecule has 0 aliphatic heterocycles. The van der Waals surface area contributed by atoms with E-state index in [4.69, 9.17) is 16.3 Å². The first-order chi connectivity index (χ1) is 12.6. The predicted octanol–water partition coefficient (Wildman–Crippen LogP) is 1.86. The maximum absolute atomic E-state index is 12.2. The quantitative estimate of drug-likeness (QED) is 0.522. The summed E-state index contributed by atoms with van der Waals surface area (Å²) in [6.45, 7) is 2.96. The van der Waals surface area contributed by atoms with Crippen LogP contribution in [0.15, 0.2) is 35.5 Å². The zero-order chi connectivity index (χ0) is 20.2. The van der Waals surface area contributed by atoms with Crippen LogP contribution < -0.4 is 4.72 Å². The number of hydrogen-bond donors (Lipinski definition) is 1. The lowest BCUT2D eigenvalue weighted by molar-refractivity contribution is -0.146. The number of aryl methyl sites for hydroxylation is 2. The lowest BCUT2D eigenvalue weighted by atomic mass is 10.1. The summed E-state index contributed by atoms with van der Waals surface area (Å²) < 4.78 is 33.2. The molecule has 0 radical (unpaired) electrons. The van der Waals surface area contributed by atoms with Crippen LogP contribution in [0.3, 0.4) is 0 Å². The topological polar surface area (TPSA) is 107 Å². The maximum atomic E-state index is 12.2. The van der Waals surface area contributed by atoms with Gasteiger partial charge >= 0.3 is 5.97 Å². The van der Waals surface area contributed by atoms with E-state index < -0.39 is 22.1 Å². The van der Waals surface area contributed by atoms with Crippen LogP contribution >= 0.6 is 11.6 Å². The number of ketones is 1. The number of nitrogens with zero attached hydrogens (tertiary/aromatic N) is 2. The Morgan fingerprint density at radius 3 is 2.48 bits per heavy atom. The van der Waals surface area contributed by atoms with E-state index in [1.165, 1.54) is 25.3 Å². The third-order valence-corrected chi connectivity index (χ3v) is 5.37. The number of benzene rings is 1. The minimum atomic E-state index is -3.82. The SMILES string of the molecule is Cc1nc(S(=O)(=O)NCCC(=O)OC(C)C(=O)c2ccc(Cl)cc2)cn1C. The second kappa shape index (κ2) is 8.64. The van der Waals surface area contributed by atoms with Crippen LogP contribution in [0.25, 0.3) is 0 Å². The third kappa shape index (κ3) is 5.62. The number of sulfonamides is 1. The number of imidazole rings is 1. The summed E-state index contributed by atoms with van der Waals surface area (Å²) in [5.41, 5.74) is 0.367. The molecule has 10 heteroatoms. The molecule has 0 amide bonds. The third-order valence-electron chi connectivity index (χ3n) is 3.79. The van der Waals surface area contributed by atoms with E-state index in [0.29, 0.717) is 16.4 Å². The molecule has 0 aliphatic rings. The van der Waals surface area contributed by atoms with Gasteiger partial charge in [0.1, 0.15) is 5.82 Å². The molecule has 146 valence electrons. The molecule has 1 heterocycles. The van der Waals surface area contributed by atoms with Crippen molar-refractivity contribution >= 4 is 33.4 Å². The molecule has 0 bridgehead atoms. The van der Waals surface area contributed by atoms with Gasteiger partial charge in [0.05, 0.1) is 6.42 Å². The summed E-state index contributed by atoms with van der Waals surface area (Å²) in [6, 6.07) is 6.21. The van der Waals surface area contributed by atoms with Crippen LogP contribution in [0, 0.1) is 6.92 Å². The Labute approximate surface area is 162 Å². The number of hydrogen-bond acceptors (Lipinski definition) is 6. The molecule has 2 aromatic rings. The molecule has 0 saturated carbocycles. The van der Waals surface area contributed by atoms with Crippen molar-refractivity contribution in [3.05, 3.63) is 46.9 Å². The molecule has 1 unspecified atom stereocenters. The van der Waals surface area contributed by atoms with Crippen molar-refractivity contribution in [3.63, 3.8) is 0 Å². The van der Waals surface area contributed by atoms with Crippen molar-refractivity contribution in [2.24, 2.45) is 7.05 Å². The fraction of sp³-hybridized carbons (Fsp3) is 0.353. The fourth-order valence-corrected chi connectivity index (χ4v) is 3.37. The van der Waals surface area contributed by atoms with Gasteiger partial charge in [-0.1, -0.05) is 11.6 Å². The number of carbonyl (C=O) groups excluding carboxylic acids is 2. The van der Waals surface area contributed by atoms with E-state index >= 15 is 0 Å². The van der Waals surface area contributed by atoms with Gasteiger partial charge in [0.2, 0.25) is 5.78 Å². The molecule has 1 atom stereocenters. The van der Waals surface area contributed by atoms with Gasteiger partial charge in [-0.25, -0.2) is 18.1 Å². The lowest BCUT2D eigenvalue weighted by Gasteiger charge is -2.12. The standard InChI is InChI=1S/C17H20ClN3O5S/c1-11(17(23)13-4-6-14(18)7-5-13)26-16(22)8-9-19-27(24,25)15-10-21(3)12(2)20-15/h4-7,10-11,19H,8-9H2,1-3H3. The summed E-state index contributed by atoms with van der Waals surface area (Å²) in [6.07, 6.45) is 0.167. The molecule has 1 N–H and O–H groups in total. The zero-order valence-corrected chi connectivity index (χ0v) is 16.7. The maximum Gasteiger partial charge on any atom is 0.307 e. The molecule has 1 aromatic carbocycles. The van der Waals surface area contributed by atoms with Crippen LogP contribution in [0.4, 0.5) is 0 Å². The van der Waals surface area contributed by atoms with Gasteiger partial charge < -0.3 is 9.30 Å². The monoisotopic (exact) mass is 413 g/mol. The summed E-state index contributed by atoms with van der Waals surface area (Å²) in [5.74, 6) is -0.515. The van der Waals surface area contributed by atoms with Crippen molar-refractivity contribution in [2.75, 3.05) is 6.54 Å². The predicted molar refractivity (Wildman–Crippen MR) is 99.1 cm³/mol. The van der Waals surface area contributed by atoms with E-state index in [0.717, 1.165) is 0 Å². The highest BCUT2D eigenvalue weighted by Gasteiger charge is 2.21. The van der Waals surface area contributed by atoms with Crippen molar-refractivity contribution < 1.29 is 22.7 Å². The molecule has 0 saturated heterocycles. The highest BCUT2D eigenvalue weighted by molar-refractivity contribution is 7.89. The number of nitrogens with one attached hydrogen (secondary N) is 1. The van der Waals surface area contributed by atoms with Gasteiger partial charge in [0.15, 0.2) is 11.1 Å². The van der Waals surface area contributed by atoms with Gasteiger partial charge in [0.25, 0.3) is 10.0 Å². The molecule has 1 aromatic heterocycles. The summed E-state index contributed by atoms with van der Waals surface area (Å²) in [5, 5.41) is 0.369. The van der Waals surface area contributed by atoms with Crippen LogP contribution in [-0.2, 0) is 26.6 Å². The first kappa shape index (κ1) is 21.1. The number of Topliss-reactive ketones (excluding diaryl/α,β-unsaturated/α-hetero) is 1. The molecule has 0 fully saturated rings. The van der Waals surface area contributed by atoms with E-state index in [2.05, 4.69) is 9.71 Å². The van der Waals surface area contributed by atoms with Crippen molar-refractivity contribution in [2.45, 2.75) is 31.4 Å².